The molecule has 2 atom stereocenters. The lowest BCUT2D eigenvalue weighted by Gasteiger charge is -2.27. The lowest BCUT2D eigenvalue weighted by atomic mass is 9.97. The van der Waals surface area contributed by atoms with Gasteiger partial charge in [-0.05, 0) is 49.3 Å². The number of hydrogen-bond acceptors (Lipinski definition) is 4. The van der Waals surface area contributed by atoms with Gasteiger partial charge >= 0.3 is 0 Å². The maximum Gasteiger partial charge on any atom is 0.254 e. The van der Waals surface area contributed by atoms with Gasteiger partial charge in [-0.1, -0.05) is 24.3 Å². The topological polar surface area (TPSA) is 64.1 Å². The number of benzene rings is 1. The van der Waals surface area contributed by atoms with Crippen molar-refractivity contribution in [3.8, 4) is 0 Å². The Bertz CT molecular complexity index is 758. The number of ether oxygens (including phenoxy) is 1. The molecule has 0 radical (unpaired) electrons. The predicted molar refractivity (Wildman–Crippen MR) is 89.2 cm³/mol. The van der Waals surface area contributed by atoms with Gasteiger partial charge in [0.05, 0.1) is 12.6 Å². The maximum atomic E-state index is 12.9. The van der Waals surface area contributed by atoms with E-state index in [4.69, 9.17) is 4.74 Å². The highest BCUT2D eigenvalue weighted by Crippen LogP contribution is 2.40. The van der Waals surface area contributed by atoms with Crippen LogP contribution in [0.25, 0.3) is 0 Å². The van der Waals surface area contributed by atoms with Crippen molar-refractivity contribution in [2.24, 2.45) is 5.92 Å². The van der Waals surface area contributed by atoms with E-state index in [-0.39, 0.29) is 11.9 Å². The molecule has 2 heterocycles. The summed E-state index contributed by atoms with van der Waals surface area (Å²) >= 11 is 0. The largest absolute Gasteiger partial charge is 0.363 e. The quantitative estimate of drug-likeness (QED) is 0.939. The number of aryl methyl sites for hydroxylation is 1. The van der Waals surface area contributed by atoms with Gasteiger partial charge in [0.25, 0.3) is 5.91 Å². The summed E-state index contributed by atoms with van der Waals surface area (Å²) in [6.07, 6.45) is 4.27. The van der Waals surface area contributed by atoms with Crippen LogP contribution in [0.4, 0.5) is 0 Å². The first kappa shape index (κ1) is 15.3. The van der Waals surface area contributed by atoms with Crippen molar-refractivity contribution in [2.75, 3.05) is 6.61 Å². The van der Waals surface area contributed by atoms with E-state index in [0.717, 1.165) is 30.5 Å². The van der Waals surface area contributed by atoms with Gasteiger partial charge < -0.3 is 10.1 Å². The molecule has 1 N–H and O–H groups in total. The summed E-state index contributed by atoms with van der Waals surface area (Å²) in [6, 6.07) is 9.75. The Hall–Kier alpha value is -2.27. The third kappa shape index (κ3) is 3.04. The first-order valence-corrected chi connectivity index (χ1v) is 8.51. The van der Waals surface area contributed by atoms with Crippen molar-refractivity contribution in [3.05, 3.63) is 59.2 Å². The first-order valence-electron chi connectivity index (χ1n) is 8.51. The summed E-state index contributed by atoms with van der Waals surface area (Å²) in [5, 5.41) is 3.14. The molecule has 24 heavy (non-hydrogen) atoms. The highest BCUT2D eigenvalue weighted by atomic mass is 16.5. The molecule has 2 aromatic rings. The van der Waals surface area contributed by atoms with E-state index < -0.39 is 6.10 Å². The van der Waals surface area contributed by atoms with Crippen molar-refractivity contribution >= 4 is 5.91 Å². The number of aromatic nitrogens is 2. The zero-order chi connectivity index (χ0) is 16.5. The van der Waals surface area contributed by atoms with Gasteiger partial charge in [0.1, 0.15) is 0 Å². The molecule has 0 spiro atoms. The standard InChI is InChI=1S/C19H21N3O2/c1-12-8-10-20-18(21-12)16(14-6-7-14)22-19(23)17-15-5-3-2-4-13(15)9-11-24-17/h2-5,8,10,14,16-17H,6-7,9,11H2,1H3,(H,22,23)/t16-,17+/m1/s1. The number of amides is 1. The van der Waals surface area contributed by atoms with Crippen LogP contribution in [0.2, 0.25) is 0 Å². The van der Waals surface area contributed by atoms with Crippen LogP contribution in [0.1, 0.15) is 47.6 Å². The predicted octanol–water partition coefficient (Wildman–Crippen LogP) is 2.67. The summed E-state index contributed by atoms with van der Waals surface area (Å²) in [5.41, 5.74) is 3.08. The van der Waals surface area contributed by atoms with Gasteiger partial charge in [-0.3, -0.25) is 4.79 Å². The summed E-state index contributed by atoms with van der Waals surface area (Å²) in [7, 11) is 0. The molecule has 1 amide bonds. The highest BCUT2D eigenvalue weighted by molar-refractivity contribution is 5.83. The average Bonchev–Trinajstić information content (AvgIpc) is 3.44. The second kappa shape index (κ2) is 6.32. The van der Waals surface area contributed by atoms with Crippen LogP contribution in [0.5, 0.6) is 0 Å². The Balaban J connectivity index is 1.56. The van der Waals surface area contributed by atoms with Crippen molar-refractivity contribution < 1.29 is 9.53 Å². The minimum Gasteiger partial charge on any atom is -0.363 e. The molecule has 1 aromatic heterocycles. The van der Waals surface area contributed by atoms with Crippen molar-refractivity contribution in [1.29, 1.82) is 0 Å². The number of nitrogens with one attached hydrogen (secondary N) is 1. The Morgan fingerprint density at radius 3 is 2.92 bits per heavy atom. The fourth-order valence-electron chi connectivity index (χ4n) is 3.28. The molecule has 0 saturated heterocycles. The van der Waals surface area contributed by atoms with Crippen LogP contribution in [-0.4, -0.2) is 22.5 Å². The minimum absolute atomic E-state index is 0.0934. The zero-order valence-electron chi connectivity index (χ0n) is 13.7. The SMILES string of the molecule is Cc1ccnc([C@H](NC(=O)[C@H]2OCCc3ccccc32)C2CC2)n1. The molecular weight excluding hydrogens is 302 g/mol. The molecule has 124 valence electrons. The Labute approximate surface area is 141 Å². The lowest BCUT2D eigenvalue weighted by molar-refractivity contribution is -0.135. The van der Waals surface area contributed by atoms with Gasteiger partial charge in [0, 0.05) is 11.9 Å². The smallest absolute Gasteiger partial charge is 0.254 e. The molecule has 1 saturated carbocycles. The van der Waals surface area contributed by atoms with E-state index in [1.165, 1.54) is 5.56 Å². The molecule has 4 rings (SSSR count). The number of nitrogens with zero attached hydrogens (tertiary/aromatic N) is 2. The number of hydrogen-bond donors (Lipinski definition) is 1. The summed E-state index contributed by atoms with van der Waals surface area (Å²) in [6.45, 7) is 2.52. The third-order valence-electron chi connectivity index (χ3n) is 4.71. The zero-order valence-corrected chi connectivity index (χ0v) is 13.7. The number of carbonyl (C=O) groups excluding carboxylic acids is 1. The van der Waals surface area contributed by atoms with Crippen LogP contribution in [0, 0.1) is 12.8 Å². The number of carbonyl (C=O) groups is 1. The van der Waals surface area contributed by atoms with Gasteiger partial charge in [-0.25, -0.2) is 9.97 Å². The van der Waals surface area contributed by atoms with Crippen LogP contribution in [-0.2, 0) is 16.0 Å². The third-order valence-corrected chi connectivity index (χ3v) is 4.71. The van der Waals surface area contributed by atoms with Gasteiger partial charge in [-0.2, -0.15) is 0 Å². The molecule has 0 unspecified atom stereocenters. The molecule has 1 aliphatic carbocycles. The molecule has 1 fully saturated rings. The molecule has 2 aliphatic rings. The monoisotopic (exact) mass is 323 g/mol. The van der Waals surface area contributed by atoms with E-state index in [2.05, 4.69) is 21.4 Å². The minimum atomic E-state index is -0.541. The molecule has 1 aromatic carbocycles. The Morgan fingerprint density at radius 1 is 1.29 bits per heavy atom. The molecule has 1 aliphatic heterocycles. The van der Waals surface area contributed by atoms with E-state index in [1.807, 2.05) is 31.2 Å². The van der Waals surface area contributed by atoms with Gasteiger partial charge in [-0.15, -0.1) is 0 Å². The summed E-state index contributed by atoms with van der Waals surface area (Å²) < 4.78 is 5.77. The van der Waals surface area contributed by atoms with Crippen molar-refractivity contribution in [3.63, 3.8) is 0 Å². The molecule has 5 heteroatoms. The Morgan fingerprint density at radius 2 is 2.12 bits per heavy atom. The number of fused-ring (bicyclic) bond motifs is 1. The fourth-order valence-corrected chi connectivity index (χ4v) is 3.28. The fraction of sp³-hybridized carbons (Fsp3) is 0.421. The van der Waals surface area contributed by atoms with Gasteiger partial charge in [0.15, 0.2) is 11.9 Å². The van der Waals surface area contributed by atoms with E-state index in [1.54, 1.807) is 6.20 Å². The maximum absolute atomic E-state index is 12.9. The van der Waals surface area contributed by atoms with Crippen molar-refractivity contribution in [2.45, 2.75) is 38.3 Å². The first-order chi connectivity index (χ1) is 11.7. The van der Waals surface area contributed by atoms with Gasteiger partial charge in [0.2, 0.25) is 0 Å². The number of rotatable bonds is 4. The van der Waals surface area contributed by atoms with E-state index >= 15 is 0 Å². The van der Waals surface area contributed by atoms with Crippen LogP contribution in [0.15, 0.2) is 36.5 Å². The second-order valence-electron chi connectivity index (χ2n) is 6.58. The van der Waals surface area contributed by atoms with Crippen molar-refractivity contribution in [1.82, 2.24) is 15.3 Å². The van der Waals surface area contributed by atoms with Crippen LogP contribution < -0.4 is 5.32 Å². The highest BCUT2D eigenvalue weighted by Gasteiger charge is 2.37. The summed E-state index contributed by atoms with van der Waals surface area (Å²) in [5.74, 6) is 1.04. The van der Waals surface area contributed by atoms with Crippen LogP contribution in [0.3, 0.4) is 0 Å². The van der Waals surface area contributed by atoms with E-state index in [9.17, 15) is 4.79 Å². The average molecular weight is 323 g/mol. The second-order valence-corrected chi connectivity index (χ2v) is 6.58. The van der Waals surface area contributed by atoms with Crippen LogP contribution >= 0.6 is 0 Å². The molecule has 0 bridgehead atoms. The normalized spacial score (nSPS) is 21.0. The Kier molecular flexibility index (Phi) is 4.02. The molecule has 5 nitrogen and oxygen atoms in total. The van der Waals surface area contributed by atoms with E-state index in [0.29, 0.717) is 18.3 Å². The summed E-state index contributed by atoms with van der Waals surface area (Å²) in [4.78, 5) is 21.8. The lowest BCUT2D eigenvalue weighted by Crippen LogP contribution is -2.37. The molecular formula is C19H21N3O2.